The molecule has 0 amide bonds. The number of hydrogen-bond acceptors (Lipinski definition) is 5. The minimum atomic E-state index is -3.91. The van der Waals surface area contributed by atoms with Crippen LogP contribution in [0.4, 0.5) is 15.9 Å². The molecule has 3 N–H and O–H groups in total. The SMILES string of the molecule is CCn1cc(S(=O)(=O)Nc2ccc(F)c(OC)c2)c(N)n1. The zero-order chi connectivity index (χ0) is 15.6. The van der Waals surface area contributed by atoms with E-state index >= 15 is 0 Å². The van der Waals surface area contributed by atoms with Crippen LogP contribution in [-0.2, 0) is 16.6 Å². The smallest absolute Gasteiger partial charge is 0.267 e. The van der Waals surface area contributed by atoms with E-state index in [4.69, 9.17) is 10.5 Å². The summed E-state index contributed by atoms with van der Waals surface area (Å²) in [4.78, 5) is -0.132. The van der Waals surface area contributed by atoms with Crippen molar-refractivity contribution in [1.82, 2.24) is 9.78 Å². The summed E-state index contributed by atoms with van der Waals surface area (Å²) in [5, 5.41) is 3.88. The maximum absolute atomic E-state index is 13.3. The molecule has 0 saturated heterocycles. The minimum Gasteiger partial charge on any atom is -0.494 e. The molecule has 1 heterocycles. The van der Waals surface area contributed by atoms with Crippen LogP contribution in [0.15, 0.2) is 29.3 Å². The maximum atomic E-state index is 13.3. The third-order valence-electron chi connectivity index (χ3n) is 2.77. The number of sulfonamides is 1. The predicted octanol–water partition coefficient (Wildman–Crippen LogP) is 1.43. The summed E-state index contributed by atoms with van der Waals surface area (Å²) >= 11 is 0. The van der Waals surface area contributed by atoms with Crippen molar-refractivity contribution in [3.05, 3.63) is 30.2 Å². The fraction of sp³-hybridized carbons (Fsp3) is 0.250. The van der Waals surface area contributed by atoms with Gasteiger partial charge in [0, 0.05) is 18.8 Å². The number of rotatable bonds is 5. The van der Waals surface area contributed by atoms with Crippen LogP contribution in [0.3, 0.4) is 0 Å². The molecule has 0 unspecified atom stereocenters. The molecule has 0 bridgehead atoms. The molecule has 9 heteroatoms. The molecule has 0 radical (unpaired) electrons. The summed E-state index contributed by atoms with van der Waals surface area (Å²) in [5.74, 6) is -0.746. The molecule has 0 saturated carbocycles. The summed E-state index contributed by atoms with van der Waals surface area (Å²) in [6.45, 7) is 2.30. The third kappa shape index (κ3) is 3.07. The highest BCUT2D eigenvalue weighted by Gasteiger charge is 2.21. The van der Waals surface area contributed by atoms with Crippen LogP contribution in [0.2, 0.25) is 0 Å². The second-order valence-electron chi connectivity index (χ2n) is 4.19. The Labute approximate surface area is 121 Å². The van der Waals surface area contributed by atoms with Crippen molar-refractivity contribution >= 4 is 21.5 Å². The number of nitrogen functional groups attached to an aromatic ring is 1. The van der Waals surface area contributed by atoms with Gasteiger partial charge in [-0.15, -0.1) is 0 Å². The largest absolute Gasteiger partial charge is 0.494 e. The van der Waals surface area contributed by atoms with Crippen molar-refractivity contribution in [2.24, 2.45) is 0 Å². The number of aromatic nitrogens is 2. The monoisotopic (exact) mass is 314 g/mol. The van der Waals surface area contributed by atoms with Crippen LogP contribution >= 0.6 is 0 Å². The van der Waals surface area contributed by atoms with E-state index in [1.54, 1.807) is 6.92 Å². The number of anilines is 2. The Bertz CT molecular complexity index is 758. The Hall–Kier alpha value is -2.29. The van der Waals surface area contributed by atoms with E-state index < -0.39 is 15.8 Å². The van der Waals surface area contributed by atoms with Gasteiger partial charge in [-0.05, 0) is 19.1 Å². The molecular formula is C12H15FN4O3S. The van der Waals surface area contributed by atoms with E-state index in [0.29, 0.717) is 6.54 Å². The standard InChI is InChI=1S/C12H15FN4O3S/c1-3-17-7-11(12(14)15-17)21(18,19)16-8-4-5-9(13)10(6-8)20-2/h4-7,16H,3H2,1-2H3,(H2,14,15). The first kappa shape index (κ1) is 15.1. The zero-order valence-electron chi connectivity index (χ0n) is 11.5. The van der Waals surface area contributed by atoms with Crippen molar-refractivity contribution in [2.75, 3.05) is 17.6 Å². The zero-order valence-corrected chi connectivity index (χ0v) is 12.3. The van der Waals surface area contributed by atoms with Gasteiger partial charge in [-0.1, -0.05) is 0 Å². The van der Waals surface area contributed by atoms with E-state index in [2.05, 4.69) is 9.82 Å². The highest BCUT2D eigenvalue weighted by molar-refractivity contribution is 7.92. The lowest BCUT2D eigenvalue weighted by Gasteiger charge is -2.09. The van der Waals surface area contributed by atoms with Crippen molar-refractivity contribution in [1.29, 1.82) is 0 Å². The van der Waals surface area contributed by atoms with Gasteiger partial charge in [-0.25, -0.2) is 12.8 Å². The Kier molecular flexibility index (Phi) is 4.03. The molecule has 0 aliphatic heterocycles. The molecule has 0 aliphatic rings. The number of halogens is 1. The fourth-order valence-corrected chi connectivity index (χ4v) is 2.84. The van der Waals surface area contributed by atoms with Gasteiger partial charge in [-0.2, -0.15) is 5.10 Å². The Balaban J connectivity index is 2.35. The van der Waals surface area contributed by atoms with Gasteiger partial charge in [0.25, 0.3) is 10.0 Å². The predicted molar refractivity (Wildman–Crippen MR) is 76.1 cm³/mol. The van der Waals surface area contributed by atoms with Crippen molar-refractivity contribution in [3.8, 4) is 5.75 Å². The fourth-order valence-electron chi connectivity index (χ4n) is 1.72. The van der Waals surface area contributed by atoms with Crippen LogP contribution in [0.1, 0.15) is 6.92 Å². The molecule has 21 heavy (non-hydrogen) atoms. The molecule has 1 aromatic heterocycles. The average Bonchev–Trinajstić information content (AvgIpc) is 2.83. The third-order valence-corrected chi connectivity index (χ3v) is 4.17. The summed E-state index contributed by atoms with van der Waals surface area (Å²) in [5.41, 5.74) is 5.76. The number of hydrogen-bond donors (Lipinski definition) is 2. The van der Waals surface area contributed by atoms with Gasteiger partial charge >= 0.3 is 0 Å². The van der Waals surface area contributed by atoms with Crippen LogP contribution in [-0.4, -0.2) is 25.3 Å². The highest BCUT2D eigenvalue weighted by Crippen LogP contribution is 2.25. The van der Waals surface area contributed by atoms with E-state index in [0.717, 1.165) is 6.07 Å². The highest BCUT2D eigenvalue weighted by atomic mass is 32.2. The van der Waals surface area contributed by atoms with Crippen LogP contribution in [0.25, 0.3) is 0 Å². The van der Waals surface area contributed by atoms with Gasteiger partial charge in [-0.3, -0.25) is 9.40 Å². The topological polar surface area (TPSA) is 99.2 Å². The number of aryl methyl sites for hydroxylation is 1. The summed E-state index contributed by atoms with van der Waals surface area (Å²) in [6.07, 6.45) is 1.33. The lowest BCUT2D eigenvalue weighted by atomic mass is 10.3. The van der Waals surface area contributed by atoms with Gasteiger partial charge in [0.2, 0.25) is 0 Å². The summed E-state index contributed by atoms with van der Waals surface area (Å²) in [7, 11) is -2.62. The summed E-state index contributed by atoms with van der Waals surface area (Å²) < 4.78 is 46.3. The lowest BCUT2D eigenvalue weighted by Crippen LogP contribution is -2.14. The van der Waals surface area contributed by atoms with Crippen LogP contribution in [0.5, 0.6) is 5.75 Å². The van der Waals surface area contributed by atoms with Crippen LogP contribution < -0.4 is 15.2 Å². The number of nitrogens with two attached hydrogens (primary N) is 1. The van der Waals surface area contributed by atoms with Gasteiger partial charge in [0.05, 0.1) is 12.8 Å². The first-order valence-electron chi connectivity index (χ1n) is 6.06. The molecule has 0 fully saturated rings. The molecule has 7 nitrogen and oxygen atoms in total. The number of ether oxygens (including phenoxy) is 1. The lowest BCUT2D eigenvalue weighted by molar-refractivity contribution is 0.387. The summed E-state index contributed by atoms with van der Waals surface area (Å²) in [6, 6.07) is 3.64. The molecule has 2 aromatic rings. The normalized spacial score (nSPS) is 11.4. The molecule has 2 rings (SSSR count). The number of methoxy groups -OCH3 is 1. The van der Waals surface area contributed by atoms with Gasteiger partial charge < -0.3 is 10.5 Å². The average molecular weight is 314 g/mol. The minimum absolute atomic E-state index is 0.0626. The van der Waals surface area contributed by atoms with Crippen molar-refractivity contribution in [2.45, 2.75) is 18.4 Å². The maximum Gasteiger partial charge on any atom is 0.267 e. The van der Waals surface area contributed by atoms with E-state index in [-0.39, 0.29) is 22.2 Å². The van der Waals surface area contributed by atoms with E-state index in [9.17, 15) is 12.8 Å². The van der Waals surface area contributed by atoms with Gasteiger partial charge in [0.1, 0.15) is 4.90 Å². The van der Waals surface area contributed by atoms with E-state index in [1.807, 2.05) is 0 Å². The quantitative estimate of drug-likeness (QED) is 0.870. The van der Waals surface area contributed by atoms with E-state index in [1.165, 1.54) is 30.1 Å². The molecule has 0 aliphatic carbocycles. The second-order valence-corrected chi connectivity index (χ2v) is 5.84. The Morgan fingerprint density at radius 1 is 1.48 bits per heavy atom. The first-order chi connectivity index (χ1) is 9.87. The molecule has 1 aromatic carbocycles. The van der Waals surface area contributed by atoms with Crippen molar-refractivity contribution < 1.29 is 17.5 Å². The number of nitrogens with zero attached hydrogens (tertiary/aromatic N) is 2. The Morgan fingerprint density at radius 3 is 2.76 bits per heavy atom. The molecule has 114 valence electrons. The molecule has 0 atom stereocenters. The number of benzene rings is 1. The van der Waals surface area contributed by atoms with Crippen LogP contribution in [0, 0.1) is 5.82 Å². The Morgan fingerprint density at radius 2 is 2.19 bits per heavy atom. The number of nitrogens with one attached hydrogen (secondary N) is 1. The molecule has 0 spiro atoms. The first-order valence-corrected chi connectivity index (χ1v) is 7.55. The van der Waals surface area contributed by atoms with Crippen molar-refractivity contribution in [3.63, 3.8) is 0 Å². The second kappa shape index (κ2) is 5.60. The van der Waals surface area contributed by atoms with Gasteiger partial charge in [0.15, 0.2) is 17.4 Å². The molecular weight excluding hydrogens is 299 g/mol.